The van der Waals surface area contributed by atoms with Crippen LogP contribution in [-0.2, 0) is 7.05 Å². The Morgan fingerprint density at radius 2 is 1.69 bits per heavy atom. The highest BCUT2D eigenvalue weighted by atomic mass is 35.5. The number of rotatable bonds is 7. The van der Waals surface area contributed by atoms with Gasteiger partial charge in [-0.15, -0.1) is 11.3 Å². The van der Waals surface area contributed by atoms with Gasteiger partial charge in [0.15, 0.2) is 0 Å². The number of carbonyl (C=O) groups excluding carboxylic acids is 3. The van der Waals surface area contributed by atoms with Gasteiger partial charge in [-0.2, -0.15) is 0 Å². The maximum atomic E-state index is 13.9. The first kappa shape index (κ1) is 24.7. The number of nitrogens with one attached hydrogen (secondary N) is 4. The van der Waals surface area contributed by atoms with Crippen molar-refractivity contribution in [2.45, 2.75) is 0 Å². The summed E-state index contributed by atoms with van der Waals surface area (Å²) in [5.41, 5.74) is 0.851. The van der Waals surface area contributed by atoms with Crippen LogP contribution >= 0.6 is 22.9 Å². The van der Waals surface area contributed by atoms with Gasteiger partial charge in [-0.25, -0.2) is 9.18 Å². The molecule has 0 unspecified atom stereocenters. The number of amides is 3. The van der Waals surface area contributed by atoms with Crippen molar-refractivity contribution in [3.05, 3.63) is 86.8 Å². The Bertz CT molecular complexity index is 1510. The summed E-state index contributed by atoms with van der Waals surface area (Å²) in [6.07, 6.45) is 2.85. The van der Waals surface area contributed by atoms with Crippen LogP contribution < -0.4 is 16.0 Å². The summed E-state index contributed by atoms with van der Waals surface area (Å²) in [6, 6.07) is 7.83. The zero-order valence-electron chi connectivity index (χ0n) is 18.4. The molecule has 0 saturated heterocycles. The summed E-state index contributed by atoms with van der Waals surface area (Å²) in [7, 11) is 1.55. The van der Waals surface area contributed by atoms with E-state index >= 15 is 0 Å². The van der Waals surface area contributed by atoms with Crippen LogP contribution in [0.3, 0.4) is 0 Å². The molecule has 3 heterocycles. The Labute approximate surface area is 211 Å². The standard InChI is InChI=1S/C23H17ClFN5O5S/c1-30-9-13(6-18(30)23(34)35)28-22(33)19-7-14(10-36-19)29-21(32)17-5-12(8-26-17)27-20(31)15-3-2-11(24)4-16(15)25/h2-10,26H,1H3,(H,27,31)(H,28,33)(H,29,32)(H,34,35). The molecule has 0 fully saturated rings. The molecule has 0 radical (unpaired) electrons. The van der Waals surface area contributed by atoms with Gasteiger partial charge in [0.1, 0.15) is 17.2 Å². The third-order valence-electron chi connectivity index (χ3n) is 4.92. The highest BCUT2D eigenvalue weighted by molar-refractivity contribution is 7.12. The molecule has 0 atom stereocenters. The fourth-order valence-electron chi connectivity index (χ4n) is 3.23. The quantitative estimate of drug-likeness (QED) is 0.236. The number of halogens is 2. The average Bonchev–Trinajstić information content (AvgIpc) is 3.54. The molecule has 3 amide bonds. The van der Waals surface area contributed by atoms with Crippen molar-refractivity contribution in [2.75, 3.05) is 16.0 Å². The van der Waals surface area contributed by atoms with Crippen LogP contribution in [0.5, 0.6) is 0 Å². The number of carboxylic acid groups (broad SMARTS) is 1. The lowest BCUT2D eigenvalue weighted by atomic mass is 10.2. The van der Waals surface area contributed by atoms with Crippen LogP contribution in [0.2, 0.25) is 5.02 Å². The summed E-state index contributed by atoms with van der Waals surface area (Å²) in [5.74, 6) is -3.62. The first-order valence-electron chi connectivity index (χ1n) is 10.2. The third kappa shape index (κ3) is 5.45. The highest BCUT2D eigenvalue weighted by Crippen LogP contribution is 2.23. The van der Waals surface area contributed by atoms with Crippen molar-refractivity contribution in [1.82, 2.24) is 9.55 Å². The zero-order chi connectivity index (χ0) is 26.0. The number of aromatic amines is 1. The molecule has 0 saturated carbocycles. The number of carboxylic acids is 1. The first-order valence-corrected chi connectivity index (χ1v) is 11.4. The summed E-state index contributed by atoms with van der Waals surface area (Å²) >= 11 is 6.78. The van der Waals surface area contributed by atoms with Gasteiger partial charge in [-0.1, -0.05) is 11.6 Å². The van der Waals surface area contributed by atoms with Gasteiger partial charge in [0.2, 0.25) is 0 Å². The van der Waals surface area contributed by atoms with Crippen LogP contribution in [0.15, 0.2) is 54.2 Å². The van der Waals surface area contributed by atoms with Gasteiger partial charge < -0.3 is 30.6 Å². The Balaban J connectivity index is 1.37. The van der Waals surface area contributed by atoms with Crippen molar-refractivity contribution in [3.8, 4) is 0 Å². The number of thiophene rings is 1. The van der Waals surface area contributed by atoms with E-state index in [1.165, 1.54) is 47.3 Å². The van der Waals surface area contributed by atoms with E-state index in [4.69, 9.17) is 16.7 Å². The van der Waals surface area contributed by atoms with E-state index in [9.17, 15) is 23.6 Å². The molecular weight excluding hydrogens is 513 g/mol. The number of H-pyrrole nitrogens is 1. The van der Waals surface area contributed by atoms with Crippen LogP contribution in [0.25, 0.3) is 0 Å². The van der Waals surface area contributed by atoms with Gasteiger partial charge in [0.25, 0.3) is 17.7 Å². The lowest BCUT2D eigenvalue weighted by Gasteiger charge is -2.04. The van der Waals surface area contributed by atoms with E-state index in [1.54, 1.807) is 12.4 Å². The molecule has 0 aliphatic carbocycles. The van der Waals surface area contributed by atoms with Crippen LogP contribution in [-0.4, -0.2) is 38.3 Å². The van der Waals surface area contributed by atoms with Gasteiger partial charge in [0, 0.05) is 29.8 Å². The monoisotopic (exact) mass is 529 g/mol. The number of aromatic carboxylic acids is 1. The van der Waals surface area contributed by atoms with Gasteiger partial charge in [-0.05, 0) is 36.4 Å². The van der Waals surface area contributed by atoms with Crippen molar-refractivity contribution >= 4 is 63.7 Å². The zero-order valence-corrected chi connectivity index (χ0v) is 20.0. The SMILES string of the molecule is Cn1cc(NC(=O)c2cc(NC(=O)c3cc(NC(=O)c4ccc(Cl)cc4F)c[nH]3)cs2)cc1C(=O)O. The number of anilines is 3. The van der Waals surface area contributed by atoms with E-state index in [1.807, 2.05) is 0 Å². The largest absolute Gasteiger partial charge is 0.477 e. The summed E-state index contributed by atoms with van der Waals surface area (Å²) in [6.45, 7) is 0. The van der Waals surface area contributed by atoms with Crippen molar-refractivity contribution in [2.24, 2.45) is 7.05 Å². The molecule has 4 aromatic rings. The Morgan fingerprint density at radius 3 is 2.39 bits per heavy atom. The summed E-state index contributed by atoms with van der Waals surface area (Å²) in [5, 5.41) is 18.6. The molecule has 0 aliphatic heterocycles. The van der Waals surface area contributed by atoms with E-state index in [0.717, 1.165) is 17.4 Å². The minimum atomic E-state index is -1.12. The Hall–Kier alpha value is -4.42. The fourth-order valence-corrected chi connectivity index (χ4v) is 4.12. The van der Waals surface area contributed by atoms with E-state index in [0.29, 0.717) is 11.4 Å². The number of hydrogen-bond acceptors (Lipinski definition) is 5. The predicted molar refractivity (Wildman–Crippen MR) is 133 cm³/mol. The lowest BCUT2D eigenvalue weighted by Crippen LogP contribution is -2.14. The molecule has 5 N–H and O–H groups in total. The number of aromatic nitrogens is 2. The molecule has 0 spiro atoms. The third-order valence-corrected chi connectivity index (χ3v) is 6.09. The van der Waals surface area contributed by atoms with Gasteiger partial charge >= 0.3 is 5.97 Å². The molecule has 1 aromatic carbocycles. The molecule has 13 heteroatoms. The topological polar surface area (TPSA) is 145 Å². The van der Waals surface area contributed by atoms with Crippen molar-refractivity contribution in [3.63, 3.8) is 0 Å². The summed E-state index contributed by atoms with van der Waals surface area (Å²) in [4.78, 5) is 51.5. The highest BCUT2D eigenvalue weighted by Gasteiger charge is 2.17. The van der Waals surface area contributed by atoms with E-state index in [-0.39, 0.29) is 32.5 Å². The van der Waals surface area contributed by atoms with Crippen LogP contribution in [0.1, 0.15) is 41.0 Å². The maximum Gasteiger partial charge on any atom is 0.352 e. The molecule has 0 aliphatic rings. The van der Waals surface area contributed by atoms with Crippen molar-refractivity contribution < 1.29 is 28.7 Å². The molecular formula is C23H17ClFN5O5S. The second-order valence-electron chi connectivity index (χ2n) is 7.52. The number of nitrogens with zero attached hydrogens (tertiary/aromatic N) is 1. The number of hydrogen-bond donors (Lipinski definition) is 5. The molecule has 184 valence electrons. The molecule has 4 rings (SSSR count). The second-order valence-corrected chi connectivity index (χ2v) is 8.87. The Morgan fingerprint density at radius 1 is 0.972 bits per heavy atom. The second kappa shape index (κ2) is 10.1. The fraction of sp³-hybridized carbons (Fsp3) is 0.0435. The average molecular weight is 530 g/mol. The summed E-state index contributed by atoms with van der Waals surface area (Å²) < 4.78 is 15.3. The number of aryl methyl sites for hydroxylation is 1. The minimum absolute atomic E-state index is 0.0178. The molecule has 36 heavy (non-hydrogen) atoms. The van der Waals surface area contributed by atoms with E-state index in [2.05, 4.69) is 20.9 Å². The molecule has 0 bridgehead atoms. The number of carbonyl (C=O) groups is 4. The number of benzene rings is 1. The Kier molecular flexibility index (Phi) is 6.90. The first-order chi connectivity index (χ1) is 17.1. The van der Waals surface area contributed by atoms with E-state index < -0.39 is 29.5 Å². The maximum absolute atomic E-state index is 13.9. The normalized spacial score (nSPS) is 10.6. The smallest absolute Gasteiger partial charge is 0.352 e. The molecule has 3 aromatic heterocycles. The predicted octanol–water partition coefficient (Wildman–Crippen LogP) is 4.66. The van der Waals surface area contributed by atoms with Crippen LogP contribution in [0.4, 0.5) is 21.5 Å². The molecule has 10 nitrogen and oxygen atoms in total. The lowest BCUT2D eigenvalue weighted by molar-refractivity contribution is 0.0686. The van der Waals surface area contributed by atoms with Gasteiger partial charge in [0.05, 0.1) is 27.5 Å². The van der Waals surface area contributed by atoms with Crippen molar-refractivity contribution in [1.29, 1.82) is 0 Å². The van der Waals surface area contributed by atoms with Gasteiger partial charge in [-0.3, -0.25) is 14.4 Å². The van der Waals surface area contributed by atoms with Crippen LogP contribution in [0, 0.1) is 5.82 Å². The minimum Gasteiger partial charge on any atom is -0.477 e.